The Balaban J connectivity index is 2.22. The minimum atomic E-state index is -0.271. The monoisotopic (exact) mass is 218 g/mol. The number of amides is 1. The van der Waals surface area contributed by atoms with Gasteiger partial charge in [-0.05, 0) is 18.9 Å². The molecular formula is C12H14N2O2. The minimum Gasteiger partial charge on any atom is -0.469 e. The fraction of sp³-hybridized carbons (Fsp3) is 0.500. The number of furan rings is 1. The fourth-order valence-corrected chi connectivity index (χ4v) is 2.10. The average Bonchev–Trinajstić information content (AvgIpc) is 2.96. The van der Waals surface area contributed by atoms with Crippen LogP contribution in [0.4, 0.5) is 0 Å². The van der Waals surface area contributed by atoms with Crippen LogP contribution >= 0.6 is 0 Å². The first kappa shape index (κ1) is 10.7. The van der Waals surface area contributed by atoms with Gasteiger partial charge >= 0.3 is 0 Å². The van der Waals surface area contributed by atoms with Crippen molar-refractivity contribution in [1.29, 1.82) is 5.26 Å². The van der Waals surface area contributed by atoms with Crippen LogP contribution in [-0.4, -0.2) is 23.4 Å². The molecule has 1 fully saturated rings. The van der Waals surface area contributed by atoms with E-state index in [0.29, 0.717) is 24.3 Å². The molecule has 1 saturated heterocycles. The van der Waals surface area contributed by atoms with E-state index < -0.39 is 0 Å². The van der Waals surface area contributed by atoms with E-state index >= 15 is 0 Å². The summed E-state index contributed by atoms with van der Waals surface area (Å²) >= 11 is 0. The maximum Gasteiger partial charge on any atom is 0.258 e. The molecule has 1 atom stereocenters. The first-order valence-corrected chi connectivity index (χ1v) is 5.55. The summed E-state index contributed by atoms with van der Waals surface area (Å²) in [6, 6.07) is 3.59. The van der Waals surface area contributed by atoms with Crippen LogP contribution in [0.3, 0.4) is 0 Å². The maximum absolute atomic E-state index is 12.2. The third-order valence-corrected chi connectivity index (χ3v) is 2.96. The van der Waals surface area contributed by atoms with Gasteiger partial charge in [0.15, 0.2) is 0 Å². The van der Waals surface area contributed by atoms with Crippen LogP contribution in [0.15, 0.2) is 16.7 Å². The van der Waals surface area contributed by atoms with E-state index in [2.05, 4.69) is 6.07 Å². The average molecular weight is 218 g/mol. The molecule has 1 aromatic rings. The summed E-state index contributed by atoms with van der Waals surface area (Å²) in [6.07, 6.45) is 3.91. The molecule has 0 bridgehead atoms. The molecule has 4 nitrogen and oxygen atoms in total. The van der Waals surface area contributed by atoms with Crippen LogP contribution < -0.4 is 0 Å². The van der Waals surface area contributed by atoms with Crippen LogP contribution in [0.1, 0.15) is 35.9 Å². The van der Waals surface area contributed by atoms with E-state index in [1.807, 2.05) is 6.92 Å². The lowest BCUT2D eigenvalue weighted by Crippen LogP contribution is -2.34. The summed E-state index contributed by atoms with van der Waals surface area (Å²) in [4.78, 5) is 13.8. The molecule has 0 saturated carbocycles. The zero-order valence-corrected chi connectivity index (χ0v) is 9.27. The predicted molar refractivity (Wildman–Crippen MR) is 57.8 cm³/mol. The molecule has 1 aromatic heterocycles. The topological polar surface area (TPSA) is 57.2 Å². The Hall–Kier alpha value is -1.76. The highest BCUT2D eigenvalue weighted by molar-refractivity contribution is 5.95. The second kappa shape index (κ2) is 4.40. The third-order valence-electron chi connectivity index (χ3n) is 2.96. The van der Waals surface area contributed by atoms with Crippen molar-refractivity contribution >= 4 is 5.91 Å². The molecule has 4 heteroatoms. The van der Waals surface area contributed by atoms with Crippen molar-refractivity contribution in [3.8, 4) is 6.07 Å². The van der Waals surface area contributed by atoms with Gasteiger partial charge in [0, 0.05) is 13.0 Å². The van der Waals surface area contributed by atoms with E-state index in [1.54, 1.807) is 11.0 Å². The number of likely N-dealkylation sites (tertiary alicyclic amines) is 1. The molecule has 0 aliphatic carbocycles. The van der Waals surface area contributed by atoms with Crippen molar-refractivity contribution < 1.29 is 9.21 Å². The quantitative estimate of drug-likeness (QED) is 0.762. The van der Waals surface area contributed by atoms with Crippen LogP contribution in [0.2, 0.25) is 0 Å². The zero-order chi connectivity index (χ0) is 11.5. The fourth-order valence-electron chi connectivity index (χ4n) is 2.10. The van der Waals surface area contributed by atoms with Crippen molar-refractivity contribution in [3.63, 3.8) is 0 Å². The van der Waals surface area contributed by atoms with Crippen molar-refractivity contribution in [2.45, 2.75) is 32.2 Å². The van der Waals surface area contributed by atoms with Gasteiger partial charge in [-0.1, -0.05) is 6.92 Å². The molecule has 2 rings (SSSR count). The highest BCUT2D eigenvalue weighted by Gasteiger charge is 2.30. The zero-order valence-electron chi connectivity index (χ0n) is 9.27. The lowest BCUT2D eigenvalue weighted by molar-refractivity contribution is 0.0762. The SMILES string of the molecule is CCc1occc1C(=O)N1CCCC1C#N. The Morgan fingerprint density at radius 1 is 1.75 bits per heavy atom. The Morgan fingerprint density at radius 2 is 2.56 bits per heavy atom. The first-order valence-electron chi connectivity index (χ1n) is 5.55. The van der Waals surface area contributed by atoms with Crippen LogP contribution in [0.25, 0.3) is 0 Å². The molecule has 1 amide bonds. The summed E-state index contributed by atoms with van der Waals surface area (Å²) in [5.74, 6) is 0.628. The van der Waals surface area contributed by atoms with Gasteiger partial charge in [-0.15, -0.1) is 0 Å². The number of carbonyl (C=O) groups excluding carboxylic acids is 1. The lowest BCUT2D eigenvalue weighted by Gasteiger charge is -2.18. The van der Waals surface area contributed by atoms with E-state index in [1.165, 1.54) is 6.26 Å². The summed E-state index contributed by atoms with van der Waals surface area (Å²) in [7, 11) is 0. The Labute approximate surface area is 94.5 Å². The number of rotatable bonds is 2. The molecule has 16 heavy (non-hydrogen) atoms. The van der Waals surface area contributed by atoms with Gasteiger partial charge in [-0.25, -0.2) is 0 Å². The van der Waals surface area contributed by atoms with Gasteiger partial charge in [0.2, 0.25) is 0 Å². The molecule has 1 unspecified atom stereocenters. The van der Waals surface area contributed by atoms with Gasteiger partial charge in [-0.3, -0.25) is 4.79 Å². The van der Waals surface area contributed by atoms with Crippen LogP contribution in [0.5, 0.6) is 0 Å². The van der Waals surface area contributed by atoms with E-state index in [0.717, 1.165) is 12.8 Å². The highest BCUT2D eigenvalue weighted by Crippen LogP contribution is 2.21. The van der Waals surface area contributed by atoms with E-state index in [9.17, 15) is 4.79 Å². The summed E-state index contributed by atoms with van der Waals surface area (Å²) in [5.41, 5.74) is 0.602. The second-order valence-corrected chi connectivity index (χ2v) is 3.90. The van der Waals surface area contributed by atoms with Crippen LogP contribution in [0, 0.1) is 11.3 Å². The Bertz CT molecular complexity index is 430. The van der Waals surface area contributed by atoms with Crippen LogP contribution in [-0.2, 0) is 6.42 Å². The van der Waals surface area contributed by atoms with Crippen molar-refractivity contribution in [1.82, 2.24) is 4.90 Å². The molecular weight excluding hydrogens is 204 g/mol. The molecule has 0 radical (unpaired) electrons. The summed E-state index contributed by atoms with van der Waals surface area (Å²) in [6.45, 7) is 2.62. The van der Waals surface area contributed by atoms with Gasteiger partial charge in [0.1, 0.15) is 11.8 Å². The predicted octanol–water partition coefficient (Wildman–Crippen LogP) is 1.97. The minimum absolute atomic E-state index is 0.0744. The molecule has 2 heterocycles. The number of hydrogen-bond acceptors (Lipinski definition) is 3. The van der Waals surface area contributed by atoms with Gasteiger partial charge < -0.3 is 9.32 Å². The first-order chi connectivity index (χ1) is 7.77. The van der Waals surface area contributed by atoms with Gasteiger partial charge in [-0.2, -0.15) is 5.26 Å². The molecule has 1 aliphatic rings. The number of carbonyl (C=O) groups is 1. The molecule has 0 aromatic carbocycles. The van der Waals surface area contributed by atoms with Crippen molar-refractivity contribution in [3.05, 3.63) is 23.7 Å². The Kier molecular flexibility index (Phi) is 2.95. The number of nitrogens with zero attached hydrogens (tertiary/aromatic N) is 2. The smallest absolute Gasteiger partial charge is 0.258 e. The lowest BCUT2D eigenvalue weighted by atomic mass is 10.1. The number of aryl methyl sites for hydroxylation is 1. The second-order valence-electron chi connectivity index (χ2n) is 3.90. The molecule has 84 valence electrons. The third kappa shape index (κ3) is 1.69. The normalized spacial score (nSPS) is 19.8. The summed E-state index contributed by atoms with van der Waals surface area (Å²) < 4.78 is 5.23. The standard InChI is InChI=1S/C12H14N2O2/c1-2-11-10(5-7-16-11)12(15)14-6-3-4-9(14)8-13/h5,7,9H,2-4,6H2,1H3. The Morgan fingerprint density at radius 3 is 3.25 bits per heavy atom. The largest absolute Gasteiger partial charge is 0.469 e. The molecule has 0 spiro atoms. The molecule has 1 aliphatic heterocycles. The van der Waals surface area contributed by atoms with Crippen molar-refractivity contribution in [2.24, 2.45) is 0 Å². The number of nitriles is 1. The maximum atomic E-state index is 12.2. The van der Waals surface area contributed by atoms with Crippen molar-refractivity contribution in [2.75, 3.05) is 6.54 Å². The van der Waals surface area contributed by atoms with Gasteiger partial charge in [0.05, 0.1) is 17.9 Å². The molecule has 0 N–H and O–H groups in total. The van der Waals surface area contributed by atoms with E-state index in [-0.39, 0.29) is 11.9 Å². The number of hydrogen-bond donors (Lipinski definition) is 0. The van der Waals surface area contributed by atoms with Gasteiger partial charge in [0.25, 0.3) is 5.91 Å². The summed E-state index contributed by atoms with van der Waals surface area (Å²) in [5, 5.41) is 8.94. The van der Waals surface area contributed by atoms with E-state index in [4.69, 9.17) is 9.68 Å². The highest BCUT2D eigenvalue weighted by atomic mass is 16.3.